The second-order valence-electron chi connectivity index (χ2n) is 7.63. The van der Waals surface area contributed by atoms with Crippen LogP contribution >= 0.6 is 0 Å². The lowest BCUT2D eigenvalue weighted by molar-refractivity contribution is 0.232. The molecule has 0 bridgehead atoms. The average molecular weight is 330 g/mol. The van der Waals surface area contributed by atoms with Crippen molar-refractivity contribution in [1.82, 2.24) is 15.0 Å². The molecule has 1 spiro atoms. The van der Waals surface area contributed by atoms with E-state index >= 15 is 0 Å². The van der Waals surface area contributed by atoms with E-state index in [2.05, 4.69) is 39.1 Å². The largest absolute Gasteiger partial charge is 0.355 e. The molecule has 2 aromatic heterocycles. The lowest BCUT2D eigenvalue weighted by atomic mass is 9.76. The monoisotopic (exact) mass is 330 g/mol. The van der Waals surface area contributed by atoms with Gasteiger partial charge in [-0.3, -0.25) is 0 Å². The summed E-state index contributed by atoms with van der Waals surface area (Å²) in [6.07, 6.45) is 6.82. The number of piperidine rings is 1. The van der Waals surface area contributed by atoms with Crippen LogP contribution in [0.5, 0.6) is 0 Å². The maximum absolute atomic E-state index is 4.80. The van der Waals surface area contributed by atoms with E-state index in [4.69, 9.17) is 4.98 Å². The summed E-state index contributed by atoms with van der Waals surface area (Å²) < 4.78 is 0. The Bertz CT molecular complexity index is 915. The van der Waals surface area contributed by atoms with Gasteiger partial charge in [-0.2, -0.15) is 0 Å². The zero-order valence-corrected chi connectivity index (χ0v) is 14.6. The molecule has 25 heavy (non-hydrogen) atoms. The number of fused-ring (bicyclic) bond motifs is 2. The third-order valence-electron chi connectivity index (χ3n) is 5.93. The van der Waals surface area contributed by atoms with Gasteiger partial charge in [0.15, 0.2) is 5.65 Å². The van der Waals surface area contributed by atoms with E-state index in [1.54, 1.807) is 11.1 Å². The van der Waals surface area contributed by atoms with Gasteiger partial charge in [0.25, 0.3) is 0 Å². The molecule has 0 atom stereocenters. The van der Waals surface area contributed by atoms with Gasteiger partial charge >= 0.3 is 0 Å². The third-order valence-corrected chi connectivity index (χ3v) is 5.93. The highest BCUT2D eigenvalue weighted by atomic mass is 15.2. The number of hydrogen-bond acceptors (Lipinski definition) is 4. The summed E-state index contributed by atoms with van der Waals surface area (Å²) in [5, 5.41) is 0. The molecule has 0 N–H and O–H groups in total. The summed E-state index contributed by atoms with van der Waals surface area (Å²) in [6, 6.07) is 13.0. The smallest absolute Gasteiger partial charge is 0.178 e. The van der Waals surface area contributed by atoms with Crippen molar-refractivity contribution >= 4 is 17.0 Å². The summed E-state index contributed by atoms with van der Waals surface area (Å²) in [4.78, 5) is 16.2. The molecule has 0 radical (unpaired) electrons. The number of rotatable bonds is 1. The Morgan fingerprint density at radius 3 is 2.36 bits per heavy atom. The quantitative estimate of drug-likeness (QED) is 0.682. The summed E-state index contributed by atoms with van der Waals surface area (Å²) in [5.41, 5.74) is 6.18. The van der Waals surface area contributed by atoms with Crippen LogP contribution in [-0.2, 0) is 12.8 Å². The standard InChI is InChI=1S/C21H22N4/c1-15-6-7-18-20(23-15)22-14-19(24-18)25-10-8-21(9-11-25)12-16-4-2-3-5-17(16)13-21/h2-7,14H,8-13H2,1H3. The molecule has 5 rings (SSSR count). The van der Waals surface area contributed by atoms with Crippen molar-refractivity contribution in [3.8, 4) is 0 Å². The summed E-state index contributed by atoms with van der Waals surface area (Å²) in [5.74, 6) is 0.989. The van der Waals surface area contributed by atoms with Crippen LogP contribution in [0.15, 0.2) is 42.6 Å². The highest BCUT2D eigenvalue weighted by Crippen LogP contribution is 2.44. The Kier molecular flexibility index (Phi) is 3.27. The van der Waals surface area contributed by atoms with Gasteiger partial charge in [-0.25, -0.2) is 15.0 Å². The Morgan fingerprint density at radius 2 is 1.64 bits per heavy atom. The van der Waals surface area contributed by atoms with Crippen LogP contribution < -0.4 is 4.90 Å². The number of anilines is 1. The maximum atomic E-state index is 4.80. The second-order valence-corrected chi connectivity index (χ2v) is 7.63. The van der Waals surface area contributed by atoms with E-state index in [-0.39, 0.29) is 0 Å². The van der Waals surface area contributed by atoms with Gasteiger partial charge in [0.1, 0.15) is 11.3 Å². The van der Waals surface area contributed by atoms with E-state index < -0.39 is 0 Å². The van der Waals surface area contributed by atoms with Crippen LogP contribution in [0.25, 0.3) is 11.2 Å². The molecule has 0 amide bonds. The van der Waals surface area contributed by atoms with Crippen molar-refractivity contribution in [2.24, 2.45) is 5.41 Å². The molecule has 1 fully saturated rings. The fraction of sp³-hybridized carbons (Fsp3) is 0.381. The van der Waals surface area contributed by atoms with Gasteiger partial charge in [0.2, 0.25) is 0 Å². The molecule has 1 aliphatic carbocycles. The first-order chi connectivity index (χ1) is 12.2. The minimum Gasteiger partial charge on any atom is -0.355 e. The third kappa shape index (κ3) is 2.56. The van der Waals surface area contributed by atoms with Gasteiger partial charge in [-0.1, -0.05) is 24.3 Å². The molecule has 126 valence electrons. The Hall–Kier alpha value is -2.49. The van der Waals surface area contributed by atoms with Crippen molar-refractivity contribution in [3.63, 3.8) is 0 Å². The van der Waals surface area contributed by atoms with Crippen LogP contribution in [0.4, 0.5) is 5.82 Å². The number of hydrogen-bond donors (Lipinski definition) is 0. The fourth-order valence-electron chi connectivity index (χ4n) is 4.48. The normalized spacial score (nSPS) is 18.7. The molecular formula is C21H22N4. The van der Waals surface area contributed by atoms with Crippen LogP contribution in [0.3, 0.4) is 0 Å². The second kappa shape index (κ2) is 5.51. The molecule has 2 aliphatic rings. The lowest BCUT2D eigenvalue weighted by Gasteiger charge is -2.39. The first-order valence-corrected chi connectivity index (χ1v) is 9.13. The van der Waals surface area contributed by atoms with Crippen LogP contribution in [-0.4, -0.2) is 28.0 Å². The number of aromatic nitrogens is 3. The molecule has 3 aromatic rings. The molecular weight excluding hydrogens is 308 g/mol. The van der Waals surface area contributed by atoms with Gasteiger partial charge in [0, 0.05) is 18.8 Å². The van der Waals surface area contributed by atoms with Gasteiger partial charge < -0.3 is 4.90 Å². The van der Waals surface area contributed by atoms with Crippen molar-refractivity contribution < 1.29 is 0 Å². The summed E-state index contributed by atoms with van der Waals surface area (Å²) in [6.45, 7) is 4.11. The number of aryl methyl sites for hydroxylation is 1. The molecule has 4 nitrogen and oxygen atoms in total. The molecule has 0 saturated carbocycles. The minimum atomic E-state index is 0.461. The van der Waals surface area contributed by atoms with E-state index in [0.29, 0.717) is 5.41 Å². The van der Waals surface area contributed by atoms with Crippen molar-refractivity contribution in [3.05, 3.63) is 59.4 Å². The van der Waals surface area contributed by atoms with Gasteiger partial charge in [-0.15, -0.1) is 0 Å². The highest BCUT2D eigenvalue weighted by molar-refractivity contribution is 5.71. The fourth-order valence-corrected chi connectivity index (χ4v) is 4.48. The van der Waals surface area contributed by atoms with E-state index in [9.17, 15) is 0 Å². The molecule has 0 unspecified atom stereocenters. The Labute approximate surface area is 147 Å². The Balaban J connectivity index is 1.35. The van der Waals surface area contributed by atoms with Crippen molar-refractivity contribution in [2.75, 3.05) is 18.0 Å². The molecule has 4 heteroatoms. The van der Waals surface area contributed by atoms with E-state index in [1.807, 2.05) is 25.3 Å². The topological polar surface area (TPSA) is 41.9 Å². The number of nitrogens with zero attached hydrogens (tertiary/aromatic N) is 4. The molecule has 1 saturated heterocycles. The number of pyridine rings is 1. The zero-order valence-electron chi connectivity index (χ0n) is 14.6. The van der Waals surface area contributed by atoms with E-state index in [1.165, 1.54) is 25.7 Å². The zero-order chi connectivity index (χ0) is 16.9. The SMILES string of the molecule is Cc1ccc2nc(N3CCC4(CC3)Cc3ccccc3C4)cnc2n1. The van der Waals surface area contributed by atoms with Crippen molar-refractivity contribution in [2.45, 2.75) is 32.6 Å². The van der Waals surface area contributed by atoms with Crippen molar-refractivity contribution in [1.29, 1.82) is 0 Å². The average Bonchev–Trinajstić information content (AvgIpc) is 2.99. The molecule has 1 aliphatic heterocycles. The number of benzene rings is 1. The van der Waals surface area contributed by atoms with Crippen LogP contribution in [0, 0.1) is 12.3 Å². The maximum Gasteiger partial charge on any atom is 0.178 e. The van der Waals surface area contributed by atoms with Gasteiger partial charge in [-0.05, 0) is 61.3 Å². The van der Waals surface area contributed by atoms with Crippen LogP contribution in [0.1, 0.15) is 29.7 Å². The van der Waals surface area contributed by atoms with E-state index in [0.717, 1.165) is 35.8 Å². The Morgan fingerprint density at radius 1 is 0.920 bits per heavy atom. The van der Waals surface area contributed by atoms with Crippen LogP contribution in [0.2, 0.25) is 0 Å². The predicted octanol–water partition coefficient (Wildman–Crippen LogP) is 3.72. The lowest BCUT2D eigenvalue weighted by Crippen LogP contribution is -2.41. The summed E-state index contributed by atoms with van der Waals surface area (Å²) in [7, 11) is 0. The minimum absolute atomic E-state index is 0.461. The first kappa shape index (κ1) is 14.8. The molecule has 3 heterocycles. The highest BCUT2D eigenvalue weighted by Gasteiger charge is 2.39. The first-order valence-electron chi connectivity index (χ1n) is 9.13. The van der Waals surface area contributed by atoms with Gasteiger partial charge in [0.05, 0.1) is 6.20 Å². The summed E-state index contributed by atoms with van der Waals surface area (Å²) >= 11 is 0. The predicted molar refractivity (Wildman–Crippen MR) is 99.8 cm³/mol. The molecule has 1 aromatic carbocycles.